The van der Waals surface area contributed by atoms with Crippen molar-refractivity contribution in [2.45, 2.75) is 0 Å². The molecule has 1 heterocycles. The van der Waals surface area contributed by atoms with Crippen molar-refractivity contribution in [1.29, 1.82) is 0 Å². The first kappa shape index (κ1) is 20.0. The summed E-state index contributed by atoms with van der Waals surface area (Å²) in [7, 11) is 3.06. The van der Waals surface area contributed by atoms with E-state index in [0.717, 1.165) is 5.56 Å². The number of carbonyl (C=O) groups excluding carboxylic acids is 1. The van der Waals surface area contributed by atoms with E-state index in [-0.39, 0.29) is 11.6 Å². The highest BCUT2D eigenvalue weighted by Gasteiger charge is 2.30. The minimum Gasteiger partial charge on any atom is -0.493 e. The van der Waals surface area contributed by atoms with Gasteiger partial charge < -0.3 is 20.1 Å². The van der Waals surface area contributed by atoms with Crippen LogP contribution >= 0.6 is 0 Å². The Labute approximate surface area is 178 Å². The molecule has 0 saturated carbocycles. The van der Waals surface area contributed by atoms with Gasteiger partial charge in [-0.05, 0) is 23.8 Å². The number of non-ortho nitro benzene ring substituents is 1. The summed E-state index contributed by atoms with van der Waals surface area (Å²) in [6.07, 6.45) is 0. The highest BCUT2D eigenvalue weighted by Crippen LogP contribution is 2.43. The van der Waals surface area contributed by atoms with Crippen molar-refractivity contribution in [2.75, 3.05) is 24.9 Å². The van der Waals surface area contributed by atoms with Crippen molar-refractivity contribution in [1.82, 2.24) is 0 Å². The van der Waals surface area contributed by atoms with Gasteiger partial charge in [0.15, 0.2) is 11.5 Å². The van der Waals surface area contributed by atoms with Crippen LogP contribution in [0.1, 0.15) is 11.1 Å². The van der Waals surface area contributed by atoms with E-state index in [1.54, 1.807) is 24.3 Å². The molecule has 0 bridgehead atoms. The molecule has 0 aromatic heterocycles. The Hall–Kier alpha value is -4.33. The topological polar surface area (TPSA) is 103 Å². The van der Waals surface area contributed by atoms with Crippen LogP contribution in [0.4, 0.5) is 17.1 Å². The van der Waals surface area contributed by atoms with Gasteiger partial charge in [0.1, 0.15) is 0 Å². The Morgan fingerprint density at radius 3 is 2.23 bits per heavy atom. The summed E-state index contributed by atoms with van der Waals surface area (Å²) < 4.78 is 10.8. The average Bonchev–Trinajstić information content (AvgIpc) is 3.11. The highest BCUT2D eigenvalue weighted by atomic mass is 16.6. The van der Waals surface area contributed by atoms with E-state index >= 15 is 0 Å². The summed E-state index contributed by atoms with van der Waals surface area (Å²) in [4.78, 5) is 23.5. The number of nitro benzene ring substituents is 1. The molecule has 1 aliphatic heterocycles. The number of hydrogen-bond acceptors (Lipinski definition) is 6. The number of hydrogen-bond donors (Lipinski definition) is 2. The molecular weight excluding hydrogens is 398 g/mol. The summed E-state index contributed by atoms with van der Waals surface area (Å²) in [5.41, 5.74) is 3.65. The molecule has 31 heavy (non-hydrogen) atoms. The van der Waals surface area contributed by atoms with E-state index in [9.17, 15) is 14.9 Å². The molecule has 4 rings (SSSR count). The molecule has 1 amide bonds. The van der Waals surface area contributed by atoms with Gasteiger partial charge in [-0.25, -0.2) is 0 Å². The molecule has 8 nitrogen and oxygen atoms in total. The van der Waals surface area contributed by atoms with Gasteiger partial charge in [0.2, 0.25) is 0 Å². The molecule has 2 N–H and O–H groups in total. The van der Waals surface area contributed by atoms with Gasteiger partial charge in [-0.1, -0.05) is 30.3 Å². The van der Waals surface area contributed by atoms with Crippen LogP contribution < -0.4 is 20.1 Å². The molecule has 0 atom stereocenters. The number of nitrogens with one attached hydrogen (secondary N) is 2. The lowest BCUT2D eigenvalue weighted by Gasteiger charge is -2.15. The monoisotopic (exact) mass is 417 g/mol. The number of methoxy groups -OCH3 is 2. The molecule has 1 aliphatic rings. The molecule has 0 unspecified atom stereocenters. The van der Waals surface area contributed by atoms with E-state index in [0.29, 0.717) is 39.7 Å². The zero-order valence-corrected chi connectivity index (χ0v) is 16.8. The normalized spacial score (nSPS) is 13.8. The standard InChI is InChI=1S/C23H19N3O5/c1-30-19-12-17-18(13-20(19)31-2)25-23(27)21(17)22(14-6-4-3-5-7-14)24-15-8-10-16(11-9-15)26(28)29/h3-13,24H,1-2H3,(H,25,27)/b22-21-. The fourth-order valence-electron chi connectivity index (χ4n) is 3.44. The molecule has 0 radical (unpaired) electrons. The number of carbonyl (C=O) groups is 1. The number of fused-ring (bicyclic) bond motifs is 1. The second-order valence-electron chi connectivity index (χ2n) is 6.75. The molecular formula is C23H19N3O5. The first-order valence-corrected chi connectivity index (χ1v) is 9.40. The van der Waals surface area contributed by atoms with Crippen LogP contribution in [0, 0.1) is 10.1 Å². The van der Waals surface area contributed by atoms with Crippen LogP contribution in [0.15, 0.2) is 66.7 Å². The first-order valence-electron chi connectivity index (χ1n) is 9.40. The van der Waals surface area contributed by atoms with Crippen molar-refractivity contribution in [3.8, 4) is 11.5 Å². The Morgan fingerprint density at radius 1 is 0.968 bits per heavy atom. The predicted molar refractivity (Wildman–Crippen MR) is 118 cm³/mol. The zero-order valence-electron chi connectivity index (χ0n) is 16.8. The third-order valence-electron chi connectivity index (χ3n) is 4.93. The van der Waals surface area contributed by atoms with Crippen LogP contribution in [0.2, 0.25) is 0 Å². The molecule has 0 spiro atoms. The van der Waals surface area contributed by atoms with E-state index in [1.165, 1.54) is 26.4 Å². The van der Waals surface area contributed by atoms with Gasteiger partial charge in [-0.15, -0.1) is 0 Å². The molecule has 0 fully saturated rings. The lowest BCUT2D eigenvalue weighted by molar-refractivity contribution is -0.384. The van der Waals surface area contributed by atoms with E-state index < -0.39 is 4.92 Å². The number of benzene rings is 3. The number of nitrogens with zero attached hydrogens (tertiary/aromatic N) is 1. The number of ether oxygens (including phenoxy) is 2. The number of rotatable bonds is 6. The lowest BCUT2D eigenvalue weighted by atomic mass is 9.99. The van der Waals surface area contributed by atoms with Gasteiger partial charge in [0.25, 0.3) is 11.6 Å². The van der Waals surface area contributed by atoms with Crippen molar-refractivity contribution < 1.29 is 19.2 Å². The minimum atomic E-state index is -0.458. The smallest absolute Gasteiger partial charge is 0.269 e. The Balaban J connectivity index is 1.88. The second-order valence-corrected chi connectivity index (χ2v) is 6.75. The van der Waals surface area contributed by atoms with Crippen LogP contribution in [-0.4, -0.2) is 25.1 Å². The van der Waals surface area contributed by atoms with Gasteiger partial charge in [-0.3, -0.25) is 14.9 Å². The molecule has 8 heteroatoms. The van der Waals surface area contributed by atoms with Gasteiger partial charge in [0, 0.05) is 29.4 Å². The second kappa shape index (κ2) is 8.19. The number of anilines is 2. The summed E-state index contributed by atoms with van der Waals surface area (Å²) in [6.45, 7) is 0. The molecule has 3 aromatic rings. The van der Waals surface area contributed by atoms with E-state index in [4.69, 9.17) is 9.47 Å². The number of amides is 1. The van der Waals surface area contributed by atoms with Crippen molar-refractivity contribution >= 4 is 34.2 Å². The quantitative estimate of drug-likeness (QED) is 0.347. The molecule has 156 valence electrons. The van der Waals surface area contributed by atoms with E-state index in [2.05, 4.69) is 10.6 Å². The van der Waals surface area contributed by atoms with Gasteiger partial charge in [0.05, 0.1) is 36.1 Å². The zero-order chi connectivity index (χ0) is 22.0. The third-order valence-corrected chi connectivity index (χ3v) is 4.93. The molecule has 0 saturated heterocycles. The first-order chi connectivity index (χ1) is 15.0. The molecule has 3 aromatic carbocycles. The third kappa shape index (κ3) is 3.78. The highest BCUT2D eigenvalue weighted by molar-refractivity contribution is 6.37. The Kier molecular flexibility index (Phi) is 5.28. The van der Waals surface area contributed by atoms with Crippen LogP contribution in [-0.2, 0) is 4.79 Å². The molecule has 0 aliphatic carbocycles. The van der Waals surface area contributed by atoms with Crippen molar-refractivity contribution in [2.24, 2.45) is 0 Å². The maximum atomic E-state index is 13.0. The van der Waals surface area contributed by atoms with Crippen LogP contribution in [0.5, 0.6) is 11.5 Å². The summed E-state index contributed by atoms with van der Waals surface area (Å²) in [5.74, 6) is 0.726. The fourth-order valence-corrected chi connectivity index (χ4v) is 3.44. The maximum absolute atomic E-state index is 13.0. The maximum Gasteiger partial charge on any atom is 0.269 e. The average molecular weight is 417 g/mol. The Morgan fingerprint density at radius 2 is 1.61 bits per heavy atom. The SMILES string of the molecule is COc1cc2c(cc1OC)/C(=C(/Nc1ccc([N+](=O)[O-])cc1)c1ccccc1)C(=O)N2. The van der Waals surface area contributed by atoms with E-state index in [1.807, 2.05) is 30.3 Å². The fraction of sp³-hybridized carbons (Fsp3) is 0.0870. The summed E-state index contributed by atoms with van der Waals surface area (Å²) in [6, 6.07) is 18.9. The summed E-state index contributed by atoms with van der Waals surface area (Å²) >= 11 is 0. The predicted octanol–water partition coefficient (Wildman–Crippen LogP) is 4.54. The number of nitro groups is 1. The van der Waals surface area contributed by atoms with Crippen molar-refractivity contribution in [3.63, 3.8) is 0 Å². The summed E-state index contributed by atoms with van der Waals surface area (Å²) in [5, 5.41) is 17.1. The lowest BCUT2D eigenvalue weighted by Crippen LogP contribution is -2.10. The van der Waals surface area contributed by atoms with Crippen molar-refractivity contribution in [3.05, 3.63) is 88.0 Å². The van der Waals surface area contributed by atoms with Gasteiger partial charge in [-0.2, -0.15) is 0 Å². The van der Waals surface area contributed by atoms with Crippen LogP contribution in [0.3, 0.4) is 0 Å². The largest absolute Gasteiger partial charge is 0.493 e. The van der Waals surface area contributed by atoms with Gasteiger partial charge >= 0.3 is 0 Å². The minimum absolute atomic E-state index is 0.0137. The van der Waals surface area contributed by atoms with Crippen LogP contribution in [0.25, 0.3) is 11.3 Å². The Bertz CT molecular complexity index is 1190.